The zero-order valence-corrected chi connectivity index (χ0v) is 15.5. The Labute approximate surface area is 121 Å². The molecule has 0 atom stereocenters. The normalized spacial score (nSPS) is 11.4. The molecule has 1 rings (SSSR count). The quantitative estimate of drug-likeness (QED) is 0.441. The molecule has 0 heterocycles. The SMILES string of the molecule is CC.CC.CCC1CCCC1.[CH2-]C.[CH3-].[CH3-].[Ir+3]. The first kappa shape index (κ1) is 36.0. The maximum absolute atomic E-state index is 3.25. The van der Waals surface area contributed by atoms with Crippen molar-refractivity contribution >= 4 is 0 Å². The molecular weight excluding hydrogens is 372 g/mol. The predicted octanol–water partition coefficient (Wildman–Crippen LogP) is 6.38. The Balaban J connectivity index is -0.0000000248. The number of hydrogen-bond acceptors (Lipinski definition) is 0. The van der Waals surface area contributed by atoms with Crippen molar-refractivity contribution in [1.29, 1.82) is 0 Å². The molecule has 106 valence electrons. The summed E-state index contributed by atoms with van der Waals surface area (Å²) in [5.41, 5.74) is 0. The first-order valence-corrected chi connectivity index (χ1v) is 6.14. The van der Waals surface area contributed by atoms with Crippen molar-refractivity contribution in [2.75, 3.05) is 0 Å². The average molecular weight is 410 g/mol. The van der Waals surface area contributed by atoms with Crippen molar-refractivity contribution in [3.05, 3.63) is 21.8 Å². The summed E-state index contributed by atoms with van der Waals surface area (Å²) in [6.45, 7) is 15.3. The van der Waals surface area contributed by atoms with Gasteiger partial charge in [0.25, 0.3) is 0 Å². The number of rotatable bonds is 1. The summed E-state index contributed by atoms with van der Waals surface area (Å²) >= 11 is 0. The second-order valence-corrected chi connectivity index (χ2v) is 2.56. The molecule has 0 saturated heterocycles. The molecule has 0 aliphatic heterocycles. The maximum atomic E-state index is 3.25. The topological polar surface area (TPSA) is 0 Å². The van der Waals surface area contributed by atoms with E-state index in [2.05, 4.69) is 13.8 Å². The minimum atomic E-state index is 0. The molecule has 1 saturated carbocycles. The van der Waals surface area contributed by atoms with Crippen molar-refractivity contribution in [1.82, 2.24) is 0 Å². The fourth-order valence-electron chi connectivity index (χ4n) is 1.42. The van der Waals surface area contributed by atoms with Gasteiger partial charge < -0.3 is 21.8 Å². The summed E-state index contributed by atoms with van der Waals surface area (Å²) in [6.07, 6.45) is 7.43. The van der Waals surface area contributed by atoms with E-state index in [0.29, 0.717) is 0 Å². The fourth-order valence-corrected chi connectivity index (χ4v) is 1.42. The van der Waals surface area contributed by atoms with Gasteiger partial charge in [0.15, 0.2) is 0 Å². The summed E-state index contributed by atoms with van der Waals surface area (Å²) in [5, 5.41) is 0. The van der Waals surface area contributed by atoms with Gasteiger partial charge in [-0.15, -0.1) is 0 Å². The van der Waals surface area contributed by atoms with Gasteiger partial charge in [0.2, 0.25) is 0 Å². The third kappa shape index (κ3) is 29.3. The van der Waals surface area contributed by atoms with E-state index in [4.69, 9.17) is 0 Å². The van der Waals surface area contributed by atoms with Crippen molar-refractivity contribution < 1.29 is 20.1 Å². The molecule has 0 radical (unpaired) electrons. The standard InChI is InChI=1S/C7H14.2C2H6.C2H5.2CH3.Ir/c1-2-7-5-3-4-6-7;3*1-2;;;/h7H,2-6H2,1H3;2*1-2H3;1H2,2H3;2*1H3;/q;;;3*-1;+3. The second-order valence-electron chi connectivity index (χ2n) is 2.56. The summed E-state index contributed by atoms with van der Waals surface area (Å²) in [5.74, 6) is 1.10. The molecule has 0 N–H and O–H groups in total. The molecule has 0 aromatic heterocycles. The van der Waals surface area contributed by atoms with E-state index in [1.54, 1.807) is 6.92 Å². The van der Waals surface area contributed by atoms with E-state index in [0.717, 1.165) is 5.92 Å². The summed E-state index contributed by atoms with van der Waals surface area (Å²) < 4.78 is 0. The molecule has 0 spiro atoms. The van der Waals surface area contributed by atoms with Crippen LogP contribution in [0.15, 0.2) is 0 Å². The van der Waals surface area contributed by atoms with E-state index < -0.39 is 0 Å². The van der Waals surface area contributed by atoms with Gasteiger partial charge in [0.05, 0.1) is 0 Å². The average Bonchev–Trinajstić information content (AvgIpc) is 2.79. The third-order valence-electron chi connectivity index (χ3n) is 2.05. The van der Waals surface area contributed by atoms with Gasteiger partial charge in [0.1, 0.15) is 0 Å². The van der Waals surface area contributed by atoms with E-state index in [1.165, 1.54) is 32.1 Å². The summed E-state index contributed by atoms with van der Waals surface area (Å²) in [6, 6.07) is 0. The first-order chi connectivity index (χ1) is 6.43. The molecular formula is C15H37Ir. The van der Waals surface area contributed by atoms with Crippen LogP contribution in [-0.4, -0.2) is 0 Å². The van der Waals surface area contributed by atoms with Crippen molar-refractivity contribution in [3.63, 3.8) is 0 Å². The van der Waals surface area contributed by atoms with Crippen LogP contribution >= 0.6 is 0 Å². The Bertz CT molecular complexity index is 47.4. The molecule has 0 amide bonds. The van der Waals surface area contributed by atoms with Crippen LogP contribution in [0.5, 0.6) is 0 Å². The van der Waals surface area contributed by atoms with Crippen molar-refractivity contribution in [2.24, 2.45) is 5.92 Å². The third-order valence-corrected chi connectivity index (χ3v) is 2.05. The van der Waals surface area contributed by atoms with Crippen LogP contribution in [0.3, 0.4) is 0 Å². The minimum absolute atomic E-state index is 0. The molecule has 1 fully saturated rings. The number of hydrogen-bond donors (Lipinski definition) is 0. The van der Waals surface area contributed by atoms with E-state index in [-0.39, 0.29) is 35.0 Å². The van der Waals surface area contributed by atoms with Crippen LogP contribution in [0.1, 0.15) is 73.6 Å². The van der Waals surface area contributed by atoms with Gasteiger partial charge in [-0.2, -0.15) is 6.92 Å². The van der Waals surface area contributed by atoms with Crippen LogP contribution in [-0.2, 0) is 20.1 Å². The molecule has 0 bridgehead atoms. The van der Waals surface area contributed by atoms with Crippen LogP contribution in [0.2, 0.25) is 0 Å². The van der Waals surface area contributed by atoms with E-state index >= 15 is 0 Å². The van der Waals surface area contributed by atoms with Gasteiger partial charge in [-0.25, -0.2) is 0 Å². The van der Waals surface area contributed by atoms with Gasteiger partial charge in [-0.1, -0.05) is 66.7 Å². The largest absolute Gasteiger partial charge is 3.00 e. The van der Waals surface area contributed by atoms with Crippen LogP contribution in [0, 0.1) is 27.7 Å². The Morgan fingerprint density at radius 2 is 1.12 bits per heavy atom. The minimum Gasteiger partial charge on any atom is -0.358 e. The molecule has 1 aliphatic carbocycles. The fraction of sp³-hybridized carbons (Fsp3) is 0.800. The van der Waals surface area contributed by atoms with Crippen LogP contribution in [0.4, 0.5) is 0 Å². The molecule has 1 heteroatoms. The van der Waals surface area contributed by atoms with Gasteiger partial charge in [-0.3, -0.25) is 0 Å². The van der Waals surface area contributed by atoms with Gasteiger partial charge >= 0.3 is 20.1 Å². The zero-order chi connectivity index (χ0) is 11.1. The van der Waals surface area contributed by atoms with Gasteiger partial charge in [-0.05, 0) is 5.92 Å². The van der Waals surface area contributed by atoms with E-state index in [1.807, 2.05) is 27.7 Å². The van der Waals surface area contributed by atoms with Crippen molar-refractivity contribution in [2.45, 2.75) is 73.6 Å². The molecule has 0 aromatic carbocycles. The first-order valence-electron chi connectivity index (χ1n) is 6.14. The smallest absolute Gasteiger partial charge is 0.358 e. The maximum Gasteiger partial charge on any atom is 3.00 e. The monoisotopic (exact) mass is 410 g/mol. The molecule has 0 nitrogen and oxygen atoms in total. The Hall–Kier alpha value is 0.649. The predicted molar refractivity (Wildman–Crippen MR) is 78.8 cm³/mol. The van der Waals surface area contributed by atoms with Crippen LogP contribution in [0.25, 0.3) is 0 Å². The molecule has 1 aliphatic rings. The van der Waals surface area contributed by atoms with E-state index in [9.17, 15) is 0 Å². The summed E-state index contributed by atoms with van der Waals surface area (Å²) in [4.78, 5) is 0. The molecule has 0 unspecified atom stereocenters. The Morgan fingerprint density at radius 3 is 1.25 bits per heavy atom. The zero-order valence-electron chi connectivity index (χ0n) is 13.2. The Morgan fingerprint density at radius 1 is 0.875 bits per heavy atom. The second kappa shape index (κ2) is 44.9. The molecule has 16 heavy (non-hydrogen) atoms. The van der Waals surface area contributed by atoms with Crippen LogP contribution < -0.4 is 0 Å². The van der Waals surface area contributed by atoms with Crippen molar-refractivity contribution in [3.8, 4) is 0 Å². The summed E-state index contributed by atoms with van der Waals surface area (Å²) in [7, 11) is 0. The Kier molecular flexibility index (Phi) is 101. The molecule has 0 aromatic rings. The van der Waals surface area contributed by atoms with Gasteiger partial charge in [0, 0.05) is 0 Å².